The van der Waals surface area contributed by atoms with Crippen molar-refractivity contribution >= 4 is 34.1 Å². The lowest BCUT2D eigenvalue weighted by atomic mass is 10.0. The highest BCUT2D eigenvalue weighted by Gasteiger charge is 2.21. The first-order valence-electron chi connectivity index (χ1n) is 7.74. The zero-order valence-corrected chi connectivity index (χ0v) is 14.3. The van der Waals surface area contributed by atoms with Gasteiger partial charge in [-0.25, -0.2) is 13.2 Å². The van der Waals surface area contributed by atoms with E-state index in [1.807, 2.05) is 0 Å². The van der Waals surface area contributed by atoms with Crippen molar-refractivity contribution in [2.45, 2.75) is 0 Å². The van der Waals surface area contributed by atoms with Crippen molar-refractivity contribution in [2.24, 2.45) is 0 Å². The number of nitrogens with two attached hydrogens (primary N) is 2. The first kappa shape index (κ1) is 17.2. The fraction of sp³-hybridized carbons (Fsp3) is 0. The summed E-state index contributed by atoms with van der Waals surface area (Å²) in [5, 5.41) is 0.352. The number of halogens is 4. The van der Waals surface area contributed by atoms with Crippen molar-refractivity contribution in [2.75, 3.05) is 11.5 Å². The smallest absolute Gasteiger partial charge is 0.215 e. The maximum Gasteiger partial charge on any atom is 0.215 e. The number of hydrogen-bond acceptors (Lipinski definition) is 4. The molecule has 0 saturated heterocycles. The second-order valence-corrected chi connectivity index (χ2v) is 6.27. The van der Waals surface area contributed by atoms with Crippen molar-refractivity contribution in [1.29, 1.82) is 0 Å². The maximum atomic E-state index is 13.6. The van der Waals surface area contributed by atoms with E-state index in [-0.39, 0.29) is 33.4 Å². The van der Waals surface area contributed by atoms with Crippen LogP contribution in [0.5, 0.6) is 0 Å². The molecule has 0 fully saturated rings. The molecular formula is C19H11ClF3N3O. The molecule has 2 aromatic carbocycles. The van der Waals surface area contributed by atoms with Gasteiger partial charge in [0.2, 0.25) is 5.88 Å². The van der Waals surface area contributed by atoms with E-state index < -0.39 is 17.5 Å². The molecule has 2 heterocycles. The van der Waals surface area contributed by atoms with E-state index in [0.29, 0.717) is 16.5 Å². The molecule has 4 aromatic rings. The summed E-state index contributed by atoms with van der Waals surface area (Å²) in [6, 6.07) is 7.50. The molecule has 8 heteroatoms. The molecule has 0 radical (unpaired) electrons. The minimum atomic E-state index is -1.02. The van der Waals surface area contributed by atoms with E-state index in [0.717, 1.165) is 12.1 Å². The highest BCUT2D eigenvalue weighted by atomic mass is 35.5. The van der Waals surface area contributed by atoms with Crippen LogP contribution in [0.15, 0.2) is 47.0 Å². The summed E-state index contributed by atoms with van der Waals surface area (Å²) in [7, 11) is 0. The van der Waals surface area contributed by atoms with Gasteiger partial charge in [-0.05, 0) is 35.9 Å². The Balaban J connectivity index is 2.01. The average Bonchev–Trinajstić information content (AvgIpc) is 2.94. The van der Waals surface area contributed by atoms with Gasteiger partial charge in [0, 0.05) is 17.3 Å². The van der Waals surface area contributed by atoms with Gasteiger partial charge in [0.15, 0.2) is 17.2 Å². The van der Waals surface area contributed by atoms with Gasteiger partial charge in [-0.15, -0.1) is 0 Å². The third kappa shape index (κ3) is 2.76. The number of anilines is 2. The molecule has 0 atom stereocenters. The van der Waals surface area contributed by atoms with Crippen molar-refractivity contribution in [1.82, 2.24) is 4.98 Å². The lowest BCUT2D eigenvalue weighted by Gasteiger charge is -2.08. The number of nitrogen functional groups attached to an aromatic ring is 2. The van der Waals surface area contributed by atoms with Crippen LogP contribution in [-0.4, -0.2) is 4.98 Å². The van der Waals surface area contributed by atoms with Crippen molar-refractivity contribution < 1.29 is 17.6 Å². The van der Waals surface area contributed by atoms with E-state index in [4.69, 9.17) is 27.5 Å². The third-order valence-corrected chi connectivity index (χ3v) is 4.49. The Morgan fingerprint density at radius 3 is 2.30 bits per heavy atom. The summed E-state index contributed by atoms with van der Waals surface area (Å²) >= 11 is 5.87. The van der Waals surface area contributed by atoms with E-state index >= 15 is 0 Å². The monoisotopic (exact) mass is 389 g/mol. The van der Waals surface area contributed by atoms with Gasteiger partial charge in [-0.1, -0.05) is 17.7 Å². The van der Waals surface area contributed by atoms with Crippen LogP contribution < -0.4 is 11.5 Å². The van der Waals surface area contributed by atoms with Crippen LogP contribution in [0.1, 0.15) is 0 Å². The number of benzene rings is 2. The number of hydrogen-bond donors (Lipinski definition) is 2. The Hall–Kier alpha value is -3.19. The van der Waals surface area contributed by atoms with Crippen LogP contribution in [0.2, 0.25) is 5.02 Å². The number of nitrogens with zero attached hydrogens (tertiary/aromatic N) is 1. The molecule has 0 aliphatic rings. The Kier molecular flexibility index (Phi) is 3.96. The van der Waals surface area contributed by atoms with E-state index in [1.165, 1.54) is 30.5 Å². The molecule has 2 aromatic heterocycles. The first-order chi connectivity index (χ1) is 12.9. The molecule has 136 valence electrons. The van der Waals surface area contributed by atoms with Crippen molar-refractivity contribution in [3.05, 3.63) is 65.1 Å². The summed E-state index contributed by atoms with van der Waals surface area (Å²) in [5.41, 5.74) is 13.8. The zero-order valence-electron chi connectivity index (χ0n) is 13.6. The second-order valence-electron chi connectivity index (χ2n) is 5.86. The largest absolute Gasteiger partial charge is 0.436 e. The van der Waals surface area contributed by atoms with Gasteiger partial charge in [0.05, 0.1) is 10.4 Å². The van der Waals surface area contributed by atoms with Crippen LogP contribution in [0, 0.1) is 17.5 Å². The molecule has 4 N–H and O–H groups in total. The molecule has 4 nitrogen and oxygen atoms in total. The standard InChI is InChI=1S/C19H11ClF3N3O/c20-11-5-8(1-3-12(11)21)10-7-26-17(9-2-4-13(22)14(23)6-9)18-15(10)16(24)19(25)27-18/h1-7H,24-25H2. The summed E-state index contributed by atoms with van der Waals surface area (Å²) < 4.78 is 45.9. The number of rotatable bonds is 2. The predicted molar refractivity (Wildman–Crippen MR) is 98.6 cm³/mol. The van der Waals surface area contributed by atoms with Gasteiger partial charge in [0.1, 0.15) is 17.2 Å². The molecule has 27 heavy (non-hydrogen) atoms. The predicted octanol–water partition coefficient (Wildman–Crippen LogP) is 5.40. The zero-order chi connectivity index (χ0) is 19.3. The quantitative estimate of drug-likeness (QED) is 0.481. The highest BCUT2D eigenvalue weighted by Crippen LogP contribution is 2.42. The fourth-order valence-electron chi connectivity index (χ4n) is 2.88. The Morgan fingerprint density at radius 1 is 0.889 bits per heavy atom. The number of pyridine rings is 1. The summed E-state index contributed by atoms with van der Waals surface area (Å²) in [5.74, 6) is -2.62. The molecular weight excluding hydrogens is 379 g/mol. The highest BCUT2D eigenvalue weighted by molar-refractivity contribution is 6.31. The topological polar surface area (TPSA) is 78.1 Å². The van der Waals surface area contributed by atoms with Gasteiger partial charge in [-0.3, -0.25) is 4.98 Å². The normalized spacial score (nSPS) is 11.3. The fourth-order valence-corrected chi connectivity index (χ4v) is 3.06. The lowest BCUT2D eigenvalue weighted by Crippen LogP contribution is -1.93. The van der Waals surface area contributed by atoms with Gasteiger partial charge in [0.25, 0.3) is 0 Å². The molecule has 0 bridgehead atoms. The van der Waals surface area contributed by atoms with Gasteiger partial charge in [-0.2, -0.15) is 0 Å². The van der Waals surface area contributed by atoms with Crippen LogP contribution in [0.4, 0.5) is 24.7 Å². The number of aromatic nitrogens is 1. The molecule has 0 saturated carbocycles. The molecule has 4 rings (SSSR count). The third-order valence-electron chi connectivity index (χ3n) is 4.20. The van der Waals surface area contributed by atoms with E-state index in [1.54, 1.807) is 0 Å². The van der Waals surface area contributed by atoms with Crippen molar-refractivity contribution in [3.63, 3.8) is 0 Å². The molecule has 0 spiro atoms. The van der Waals surface area contributed by atoms with E-state index in [9.17, 15) is 13.2 Å². The van der Waals surface area contributed by atoms with Gasteiger partial charge < -0.3 is 15.9 Å². The second kappa shape index (κ2) is 6.21. The van der Waals surface area contributed by atoms with E-state index in [2.05, 4.69) is 4.98 Å². The summed E-state index contributed by atoms with van der Waals surface area (Å²) in [6.07, 6.45) is 1.47. The Bertz CT molecular complexity index is 1210. The Labute approximate surface area is 156 Å². The molecule has 0 aliphatic carbocycles. The summed E-state index contributed by atoms with van der Waals surface area (Å²) in [4.78, 5) is 4.30. The lowest BCUT2D eigenvalue weighted by molar-refractivity contribution is 0.509. The SMILES string of the molecule is Nc1oc2c(-c3ccc(F)c(F)c3)ncc(-c3ccc(F)c(Cl)c3)c2c1N. The minimum Gasteiger partial charge on any atom is -0.436 e. The molecule has 0 unspecified atom stereocenters. The minimum absolute atomic E-state index is 0.0451. The summed E-state index contributed by atoms with van der Waals surface area (Å²) in [6.45, 7) is 0. The van der Waals surface area contributed by atoms with Crippen LogP contribution in [0.25, 0.3) is 33.4 Å². The van der Waals surface area contributed by atoms with Crippen LogP contribution in [-0.2, 0) is 0 Å². The first-order valence-corrected chi connectivity index (χ1v) is 8.12. The van der Waals surface area contributed by atoms with Crippen LogP contribution in [0.3, 0.4) is 0 Å². The molecule has 0 aliphatic heterocycles. The van der Waals surface area contributed by atoms with Crippen LogP contribution >= 0.6 is 11.6 Å². The maximum absolute atomic E-state index is 13.6. The molecule has 0 amide bonds. The van der Waals surface area contributed by atoms with Crippen molar-refractivity contribution in [3.8, 4) is 22.4 Å². The average molecular weight is 390 g/mol. The number of furan rings is 1. The Morgan fingerprint density at radius 2 is 1.59 bits per heavy atom. The van der Waals surface area contributed by atoms with Gasteiger partial charge >= 0.3 is 0 Å². The number of fused-ring (bicyclic) bond motifs is 1.